The fourth-order valence-corrected chi connectivity index (χ4v) is 2.28. The maximum Gasteiger partial charge on any atom is 0.301 e. The molecule has 2 heterocycles. The van der Waals surface area contributed by atoms with E-state index in [9.17, 15) is 19.7 Å². The van der Waals surface area contributed by atoms with Gasteiger partial charge < -0.3 is 8.83 Å². The Kier molecular flexibility index (Phi) is 4.17. The molecule has 0 aliphatic heterocycles. The highest BCUT2D eigenvalue weighted by Gasteiger charge is 2.31. The zero-order valence-corrected chi connectivity index (χ0v) is 13.0. The van der Waals surface area contributed by atoms with Gasteiger partial charge in [0.1, 0.15) is 0 Å². The molecule has 2 aromatic heterocycles. The first-order valence-corrected chi connectivity index (χ1v) is 7.20. The lowest BCUT2D eigenvalue weighted by atomic mass is 10.1. The molecule has 0 fully saturated rings. The van der Waals surface area contributed by atoms with Gasteiger partial charge in [-0.1, -0.05) is 6.07 Å². The molecule has 0 saturated heterocycles. The predicted molar refractivity (Wildman–Crippen MR) is 86.4 cm³/mol. The summed E-state index contributed by atoms with van der Waals surface area (Å²) < 4.78 is 10.1. The van der Waals surface area contributed by atoms with Gasteiger partial charge in [0.05, 0.1) is 23.1 Å². The van der Waals surface area contributed by atoms with Gasteiger partial charge in [-0.3, -0.25) is 19.7 Å². The number of nitro benzene ring substituents is 1. The Balaban J connectivity index is 2.14. The Morgan fingerprint density at radius 3 is 2.00 bits per heavy atom. The van der Waals surface area contributed by atoms with Crippen LogP contribution in [-0.4, -0.2) is 16.7 Å². The minimum Gasteiger partial charge on any atom is -0.459 e. The lowest BCUT2D eigenvalue weighted by Gasteiger charge is -2.20. The lowest BCUT2D eigenvalue weighted by molar-refractivity contribution is -0.384. The van der Waals surface area contributed by atoms with Gasteiger partial charge in [0.2, 0.25) is 0 Å². The number of amides is 2. The molecule has 0 N–H and O–H groups in total. The van der Waals surface area contributed by atoms with Gasteiger partial charge in [-0.25, -0.2) is 4.90 Å². The number of nitrogens with zero attached hydrogens (tertiary/aromatic N) is 2. The lowest BCUT2D eigenvalue weighted by Crippen LogP contribution is -2.37. The van der Waals surface area contributed by atoms with Crippen LogP contribution in [-0.2, 0) is 0 Å². The zero-order valence-electron chi connectivity index (χ0n) is 13.0. The average molecular weight is 340 g/mol. The first-order valence-electron chi connectivity index (χ1n) is 7.20. The second kappa shape index (κ2) is 6.44. The summed E-state index contributed by atoms with van der Waals surface area (Å²) >= 11 is 0. The van der Waals surface area contributed by atoms with Crippen LogP contribution >= 0.6 is 0 Å². The molecule has 0 radical (unpaired) electrons. The number of benzene rings is 1. The number of imide groups is 1. The summed E-state index contributed by atoms with van der Waals surface area (Å²) in [4.78, 5) is 36.8. The molecule has 0 unspecified atom stereocenters. The van der Waals surface area contributed by atoms with E-state index < -0.39 is 16.7 Å². The molecule has 0 aliphatic rings. The monoisotopic (exact) mass is 340 g/mol. The number of aryl methyl sites for hydroxylation is 1. The van der Waals surface area contributed by atoms with E-state index in [1.165, 1.54) is 48.9 Å². The Labute approximate surface area is 141 Å². The number of furan rings is 2. The van der Waals surface area contributed by atoms with Crippen LogP contribution in [0.5, 0.6) is 0 Å². The molecule has 0 spiro atoms. The second-order valence-electron chi connectivity index (χ2n) is 5.13. The SMILES string of the molecule is Cc1ccc([N+](=O)[O-])cc1N(C(=O)c1ccco1)C(=O)c1ccco1. The minimum absolute atomic E-state index is 0.0780. The van der Waals surface area contributed by atoms with Gasteiger partial charge in [-0.15, -0.1) is 0 Å². The fraction of sp³-hybridized carbons (Fsp3) is 0.0588. The normalized spacial score (nSPS) is 10.4. The molecule has 0 aliphatic carbocycles. The van der Waals surface area contributed by atoms with Crippen molar-refractivity contribution in [2.24, 2.45) is 0 Å². The van der Waals surface area contributed by atoms with Crippen LogP contribution in [0.4, 0.5) is 11.4 Å². The third-order valence-corrected chi connectivity index (χ3v) is 3.51. The van der Waals surface area contributed by atoms with Gasteiger partial charge in [0, 0.05) is 12.1 Å². The molecule has 8 heteroatoms. The van der Waals surface area contributed by atoms with E-state index >= 15 is 0 Å². The number of hydrogen-bond donors (Lipinski definition) is 0. The summed E-state index contributed by atoms with van der Waals surface area (Å²) in [5.41, 5.74) is 0.340. The van der Waals surface area contributed by atoms with Crippen LogP contribution in [0.1, 0.15) is 26.7 Å². The van der Waals surface area contributed by atoms with Crippen molar-refractivity contribution in [3.63, 3.8) is 0 Å². The topological polar surface area (TPSA) is 107 Å². The first-order chi connectivity index (χ1) is 12.0. The van der Waals surface area contributed by atoms with Crippen LogP contribution in [0, 0.1) is 17.0 Å². The van der Waals surface area contributed by atoms with Crippen molar-refractivity contribution in [3.05, 3.63) is 82.2 Å². The van der Waals surface area contributed by atoms with Crippen LogP contribution < -0.4 is 4.90 Å². The van der Waals surface area contributed by atoms with E-state index in [4.69, 9.17) is 8.83 Å². The molecule has 3 aromatic rings. The summed E-state index contributed by atoms with van der Waals surface area (Å²) in [5, 5.41) is 11.1. The molecular weight excluding hydrogens is 328 g/mol. The number of nitro groups is 1. The molecule has 0 bridgehead atoms. The van der Waals surface area contributed by atoms with Gasteiger partial charge in [0.15, 0.2) is 11.5 Å². The van der Waals surface area contributed by atoms with Gasteiger partial charge in [-0.05, 0) is 36.8 Å². The van der Waals surface area contributed by atoms with Crippen LogP contribution in [0.15, 0.2) is 63.8 Å². The van der Waals surface area contributed by atoms with E-state index in [1.807, 2.05) is 0 Å². The standard InChI is InChI=1S/C17H12N2O6/c1-11-6-7-12(19(22)23)10-13(11)18(16(20)14-4-2-8-24-14)17(21)15-5-3-9-25-15/h2-10H,1H3. The van der Waals surface area contributed by atoms with Gasteiger partial charge >= 0.3 is 11.8 Å². The second-order valence-corrected chi connectivity index (χ2v) is 5.13. The zero-order chi connectivity index (χ0) is 18.0. The van der Waals surface area contributed by atoms with E-state index in [0.717, 1.165) is 11.0 Å². The summed E-state index contributed by atoms with van der Waals surface area (Å²) in [6.45, 7) is 1.64. The number of rotatable bonds is 4. The number of carbonyl (C=O) groups is 2. The van der Waals surface area contributed by atoms with Crippen molar-refractivity contribution in [2.45, 2.75) is 6.92 Å². The predicted octanol–water partition coefficient (Wildman–Crippen LogP) is 3.58. The third-order valence-electron chi connectivity index (χ3n) is 3.51. The molecule has 1 aromatic carbocycles. The van der Waals surface area contributed by atoms with Crippen LogP contribution in [0.25, 0.3) is 0 Å². The maximum atomic E-state index is 12.8. The Morgan fingerprint density at radius 1 is 1.00 bits per heavy atom. The van der Waals surface area contributed by atoms with Crippen molar-refractivity contribution >= 4 is 23.2 Å². The number of non-ortho nitro benzene ring substituents is 1. The van der Waals surface area contributed by atoms with Crippen LogP contribution in [0.2, 0.25) is 0 Å². The minimum atomic E-state index is -0.755. The van der Waals surface area contributed by atoms with E-state index in [-0.39, 0.29) is 22.9 Å². The summed E-state index contributed by atoms with van der Waals surface area (Å²) in [6.07, 6.45) is 2.59. The van der Waals surface area contributed by atoms with E-state index in [2.05, 4.69) is 0 Å². The first kappa shape index (κ1) is 16.2. The Morgan fingerprint density at radius 2 is 1.56 bits per heavy atom. The molecule has 25 heavy (non-hydrogen) atoms. The third kappa shape index (κ3) is 3.05. The summed E-state index contributed by atoms with van der Waals surface area (Å²) in [6, 6.07) is 9.73. The molecule has 0 saturated carbocycles. The summed E-state index contributed by atoms with van der Waals surface area (Å²) in [5.74, 6) is -1.67. The van der Waals surface area contributed by atoms with Gasteiger partial charge in [0.25, 0.3) is 5.69 Å². The Hall–Kier alpha value is -3.68. The van der Waals surface area contributed by atoms with Crippen molar-refractivity contribution in [2.75, 3.05) is 4.90 Å². The summed E-state index contributed by atoms with van der Waals surface area (Å²) in [7, 11) is 0. The Bertz CT molecular complexity index is 882. The van der Waals surface area contributed by atoms with Crippen molar-refractivity contribution in [1.29, 1.82) is 0 Å². The van der Waals surface area contributed by atoms with Crippen molar-refractivity contribution in [1.82, 2.24) is 0 Å². The van der Waals surface area contributed by atoms with Crippen molar-refractivity contribution < 1.29 is 23.3 Å². The molecular formula is C17H12N2O6. The fourth-order valence-electron chi connectivity index (χ4n) is 2.28. The molecule has 2 amide bonds. The highest BCUT2D eigenvalue weighted by Crippen LogP contribution is 2.28. The molecule has 126 valence electrons. The van der Waals surface area contributed by atoms with Crippen molar-refractivity contribution in [3.8, 4) is 0 Å². The molecule has 8 nitrogen and oxygen atoms in total. The smallest absolute Gasteiger partial charge is 0.301 e. The highest BCUT2D eigenvalue weighted by molar-refractivity contribution is 6.24. The van der Waals surface area contributed by atoms with Crippen LogP contribution in [0.3, 0.4) is 0 Å². The largest absolute Gasteiger partial charge is 0.459 e. The maximum absolute atomic E-state index is 12.8. The van der Waals surface area contributed by atoms with E-state index in [1.54, 1.807) is 6.92 Å². The molecule has 0 atom stereocenters. The van der Waals surface area contributed by atoms with Gasteiger partial charge in [-0.2, -0.15) is 0 Å². The number of hydrogen-bond acceptors (Lipinski definition) is 6. The highest BCUT2D eigenvalue weighted by atomic mass is 16.6. The van der Waals surface area contributed by atoms with E-state index in [0.29, 0.717) is 5.56 Å². The quantitative estimate of drug-likeness (QED) is 0.408. The number of anilines is 1. The molecule has 3 rings (SSSR count). The average Bonchev–Trinajstić information content (AvgIpc) is 3.30. The number of carbonyl (C=O) groups excluding carboxylic acids is 2.